The maximum absolute atomic E-state index is 6.41. The minimum absolute atomic E-state index is 0.0632. The molecule has 2 aromatic rings. The van der Waals surface area contributed by atoms with Crippen molar-refractivity contribution in [1.29, 1.82) is 0 Å². The highest BCUT2D eigenvalue weighted by molar-refractivity contribution is 5.23. The Labute approximate surface area is 120 Å². The van der Waals surface area contributed by atoms with E-state index in [4.69, 9.17) is 4.74 Å². The first-order valence-corrected chi connectivity index (χ1v) is 7.00. The number of aromatic nitrogens is 1. The van der Waals surface area contributed by atoms with Gasteiger partial charge in [-0.2, -0.15) is 0 Å². The van der Waals surface area contributed by atoms with Crippen molar-refractivity contribution in [3.05, 3.63) is 66.0 Å². The summed E-state index contributed by atoms with van der Waals surface area (Å²) in [6.45, 7) is 4.29. The van der Waals surface area contributed by atoms with Crippen LogP contribution in [0.2, 0.25) is 0 Å². The van der Waals surface area contributed by atoms with E-state index in [1.807, 2.05) is 30.5 Å². The second-order valence-corrected chi connectivity index (χ2v) is 5.50. The Morgan fingerprint density at radius 2 is 1.80 bits per heavy atom. The highest BCUT2D eigenvalue weighted by Gasteiger charge is 2.48. The Hall–Kier alpha value is -1.71. The molecule has 0 unspecified atom stereocenters. The van der Waals surface area contributed by atoms with Crippen molar-refractivity contribution in [2.75, 3.05) is 7.05 Å². The molecule has 0 aliphatic carbocycles. The highest BCUT2D eigenvalue weighted by atomic mass is 16.5. The van der Waals surface area contributed by atoms with Crippen molar-refractivity contribution in [3.63, 3.8) is 0 Å². The summed E-state index contributed by atoms with van der Waals surface area (Å²) < 4.78 is 6.41. The quantitative estimate of drug-likeness (QED) is 0.835. The molecule has 1 aromatic heterocycles. The molecule has 0 radical (unpaired) electrons. The maximum Gasteiger partial charge on any atom is 0.162 e. The molecule has 2 heterocycles. The molecule has 0 spiro atoms. The number of ether oxygens (including phenoxy) is 1. The summed E-state index contributed by atoms with van der Waals surface area (Å²) in [4.78, 5) is 6.74. The lowest BCUT2D eigenvalue weighted by Gasteiger charge is -2.31. The van der Waals surface area contributed by atoms with Crippen molar-refractivity contribution in [1.82, 2.24) is 9.88 Å². The zero-order chi connectivity index (χ0) is 14.2. The van der Waals surface area contributed by atoms with E-state index >= 15 is 0 Å². The highest BCUT2D eigenvalue weighted by Crippen LogP contribution is 2.44. The molecule has 1 aliphatic rings. The summed E-state index contributed by atoms with van der Waals surface area (Å²) in [5.74, 6) is 0. The van der Waals surface area contributed by atoms with E-state index in [1.54, 1.807) is 0 Å². The van der Waals surface area contributed by atoms with Gasteiger partial charge in [0.25, 0.3) is 0 Å². The zero-order valence-corrected chi connectivity index (χ0v) is 12.2. The van der Waals surface area contributed by atoms with Crippen molar-refractivity contribution >= 4 is 0 Å². The van der Waals surface area contributed by atoms with E-state index in [9.17, 15) is 0 Å². The molecule has 3 rings (SSSR count). The first-order chi connectivity index (χ1) is 9.63. The molecule has 0 bridgehead atoms. The average Bonchev–Trinajstić information content (AvgIpc) is 2.75. The van der Waals surface area contributed by atoms with E-state index < -0.39 is 5.72 Å². The van der Waals surface area contributed by atoms with Crippen LogP contribution in [0.3, 0.4) is 0 Å². The number of rotatable bonds is 2. The lowest BCUT2D eigenvalue weighted by atomic mass is 10.0. The molecule has 1 saturated heterocycles. The number of benzene rings is 1. The number of pyridine rings is 1. The molecule has 0 amide bonds. The van der Waals surface area contributed by atoms with Crippen LogP contribution in [0.15, 0.2) is 54.7 Å². The first-order valence-electron chi connectivity index (χ1n) is 7.00. The van der Waals surface area contributed by atoms with Gasteiger partial charge in [0.15, 0.2) is 5.72 Å². The summed E-state index contributed by atoms with van der Waals surface area (Å²) in [7, 11) is 2.10. The van der Waals surface area contributed by atoms with Crippen LogP contribution in [0.1, 0.15) is 31.2 Å². The van der Waals surface area contributed by atoms with Gasteiger partial charge in [-0.05, 0) is 38.6 Å². The second-order valence-electron chi connectivity index (χ2n) is 5.50. The SMILES string of the molecule is C[C@H]1[C@H](c2ccccc2)O[C@@](C)(c2ccccn2)N1C. The minimum Gasteiger partial charge on any atom is -0.345 e. The van der Waals surface area contributed by atoms with Gasteiger partial charge in [0.2, 0.25) is 0 Å². The van der Waals surface area contributed by atoms with Crippen LogP contribution in [0.4, 0.5) is 0 Å². The number of nitrogens with zero attached hydrogens (tertiary/aromatic N) is 2. The van der Waals surface area contributed by atoms with Crippen molar-refractivity contribution < 1.29 is 4.74 Å². The molecular weight excluding hydrogens is 248 g/mol. The molecule has 1 aliphatic heterocycles. The van der Waals surface area contributed by atoms with Gasteiger partial charge in [-0.1, -0.05) is 36.4 Å². The van der Waals surface area contributed by atoms with Crippen LogP contribution in [0.5, 0.6) is 0 Å². The van der Waals surface area contributed by atoms with Crippen LogP contribution in [0, 0.1) is 0 Å². The number of hydrogen-bond acceptors (Lipinski definition) is 3. The average molecular weight is 268 g/mol. The summed E-state index contributed by atoms with van der Waals surface area (Å²) >= 11 is 0. The molecule has 104 valence electrons. The van der Waals surface area contributed by atoms with E-state index in [2.05, 4.69) is 55.0 Å². The topological polar surface area (TPSA) is 25.4 Å². The fraction of sp³-hybridized carbons (Fsp3) is 0.353. The Bertz CT molecular complexity index is 572. The van der Waals surface area contributed by atoms with Gasteiger partial charge in [0.05, 0.1) is 5.69 Å². The Kier molecular flexibility index (Phi) is 3.32. The van der Waals surface area contributed by atoms with Crippen molar-refractivity contribution in [3.8, 4) is 0 Å². The van der Waals surface area contributed by atoms with Crippen LogP contribution in [0.25, 0.3) is 0 Å². The Morgan fingerprint density at radius 3 is 2.45 bits per heavy atom. The molecule has 20 heavy (non-hydrogen) atoms. The first kappa shape index (κ1) is 13.3. The fourth-order valence-electron chi connectivity index (χ4n) is 2.89. The molecule has 0 N–H and O–H groups in total. The summed E-state index contributed by atoms with van der Waals surface area (Å²) in [5, 5.41) is 0. The molecule has 3 atom stereocenters. The van der Waals surface area contributed by atoms with Gasteiger partial charge >= 0.3 is 0 Å². The molecule has 0 saturated carbocycles. The van der Waals surface area contributed by atoms with Gasteiger partial charge in [0.1, 0.15) is 6.10 Å². The predicted octanol–water partition coefficient (Wildman–Crippen LogP) is 3.35. The van der Waals surface area contributed by atoms with E-state index in [0.717, 1.165) is 5.69 Å². The predicted molar refractivity (Wildman–Crippen MR) is 79.1 cm³/mol. The van der Waals surface area contributed by atoms with Gasteiger partial charge in [-0.25, -0.2) is 0 Å². The summed E-state index contributed by atoms with van der Waals surface area (Å²) in [6, 6.07) is 16.7. The van der Waals surface area contributed by atoms with Crippen LogP contribution < -0.4 is 0 Å². The van der Waals surface area contributed by atoms with E-state index in [0.29, 0.717) is 6.04 Å². The maximum atomic E-state index is 6.41. The Morgan fingerprint density at radius 1 is 1.10 bits per heavy atom. The molecule has 3 nitrogen and oxygen atoms in total. The molecule has 1 fully saturated rings. The monoisotopic (exact) mass is 268 g/mol. The van der Waals surface area contributed by atoms with E-state index in [-0.39, 0.29) is 6.10 Å². The van der Waals surface area contributed by atoms with Crippen molar-refractivity contribution in [2.45, 2.75) is 31.7 Å². The minimum atomic E-state index is -0.485. The normalized spacial score (nSPS) is 30.6. The van der Waals surface area contributed by atoms with Gasteiger partial charge in [0, 0.05) is 12.2 Å². The number of hydrogen-bond donors (Lipinski definition) is 0. The van der Waals surface area contributed by atoms with Crippen molar-refractivity contribution in [2.24, 2.45) is 0 Å². The van der Waals surface area contributed by atoms with Crippen LogP contribution in [-0.2, 0) is 10.5 Å². The summed E-state index contributed by atoms with van der Waals surface area (Å²) in [5.41, 5.74) is 1.68. The van der Waals surface area contributed by atoms with E-state index in [1.165, 1.54) is 5.56 Å². The third-order valence-electron chi connectivity index (χ3n) is 4.35. The van der Waals surface area contributed by atoms with Crippen LogP contribution >= 0.6 is 0 Å². The van der Waals surface area contributed by atoms with Gasteiger partial charge in [-0.15, -0.1) is 0 Å². The second kappa shape index (κ2) is 5.00. The number of likely N-dealkylation sites (N-methyl/N-ethyl adjacent to an activating group) is 1. The molecule has 1 aromatic carbocycles. The smallest absolute Gasteiger partial charge is 0.162 e. The van der Waals surface area contributed by atoms with Gasteiger partial charge < -0.3 is 4.74 Å². The van der Waals surface area contributed by atoms with Gasteiger partial charge in [-0.3, -0.25) is 9.88 Å². The zero-order valence-electron chi connectivity index (χ0n) is 12.2. The molecular formula is C17H20N2O. The fourth-order valence-corrected chi connectivity index (χ4v) is 2.89. The lowest BCUT2D eigenvalue weighted by Crippen LogP contribution is -2.40. The third kappa shape index (κ3) is 2.03. The standard InChI is InChI=1S/C17H20N2O/c1-13-16(14-9-5-4-6-10-14)20-17(2,19(13)3)15-11-7-8-12-18-15/h4-13,16H,1-3H3/t13-,16+,17-/m0/s1. The largest absolute Gasteiger partial charge is 0.345 e. The third-order valence-corrected chi connectivity index (χ3v) is 4.35. The lowest BCUT2D eigenvalue weighted by molar-refractivity contribution is -0.0929. The Balaban J connectivity index is 1.97. The summed E-state index contributed by atoms with van der Waals surface area (Å²) in [6.07, 6.45) is 1.88. The van der Waals surface area contributed by atoms with Crippen LogP contribution in [-0.4, -0.2) is 23.0 Å². The molecule has 3 heteroatoms.